The molecule has 0 saturated carbocycles. The third-order valence-electron chi connectivity index (χ3n) is 3.03. The standard InChI is InChI=1S/C15H15FN2O6S/c16-10-1-3-11(4-2-10)23-8-14(21)24-7-12(19)17-5-6-18-13(20)9-25-15(18)22/h1-4H,5-9H2,(H,17,19). The molecule has 134 valence electrons. The van der Waals surface area contributed by atoms with Crippen molar-refractivity contribution in [3.8, 4) is 5.75 Å². The zero-order valence-corrected chi connectivity index (χ0v) is 13.8. The van der Waals surface area contributed by atoms with Gasteiger partial charge < -0.3 is 14.8 Å². The van der Waals surface area contributed by atoms with Gasteiger partial charge in [-0.1, -0.05) is 11.8 Å². The zero-order chi connectivity index (χ0) is 18.2. The van der Waals surface area contributed by atoms with Gasteiger partial charge in [0.2, 0.25) is 5.91 Å². The SMILES string of the molecule is O=C(COC(=O)COc1ccc(F)cc1)NCCN1C(=O)CSC1=O. The van der Waals surface area contributed by atoms with Gasteiger partial charge in [-0.15, -0.1) is 0 Å². The van der Waals surface area contributed by atoms with Gasteiger partial charge >= 0.3 is 5.97 Å². The molecule has 3 amide bonds. The Balaban J connectivity index is 1.59. The van der Waals surface area contributed by atoms with Gasteiger partial charge in [0.25, 0.3) is 11.1 Å². The first kappa shape index (κ1) is 18.7. The summed E-state index contributed by atoms with van der Waals surface area (Å²) in [5, 5.41) is 2.09. The van der Waals surface area contributed by atoms with E-state index in [4.69, 9.17) is 9.47 Å². The average Bonchev–Trinajstić information content (AvgIpc) is 2.91. The largest absolute Gasteiger partial charge is 0.482 e. The van der Waals surface area contributed by atoms with Gasteiger partial charge in [0.1, 0.15) is 11.6 Å². The highest BCUT2D eigenvalue weighted by atomic mass is 32.2. The van der Waals surface area contributed by atoms with Crippen molar-refractivity contribution >= 4 is 34.8 Å². The Hall–Kier alpha value is -2.62. The van der Waals surface area contributed by atoms with Crippen LogP contribution in [0.5, 0.6) is 5.75 Å². The van der Waals surface area contributed by atoms with E-state index in [1.807, 2.05) is 0 Å². The van der Waals surface area contributed by atoms with Crippen LogP contribution in [0.3, 0.4) is 0 Å². The van der Waals surface area contributed by atoms with Crippen molar-refractivity contribution in [2.24, 2.45) is 0 Å². The minimum absolute atomic E-state index is 0.0675. The van der Waals surface area contributed by atoms with Crippen LogP contribution in [0, 0.1) is 5.82 Å². The van der Waals surface area contributed by atoms with Crippen molar-refractivity contribution in [3.63, 3.8) is 0 Å². The van der Waals surface area contributed by atoms with Crippen LogP contribution in [0.15, 0.2) is 24.3 Å². The summed E-state index contributed by atoms with van der Waals surface area (Å²) in [6, 6.07) is 5.08. The molecule has 2 rings (SSSR count). The Morgan fingerprint density at radius 2 is 1.92 bits per heavy atom. The Morgan fingerprint density at radius 3 is 2.56 bits per heavy atom. The number of esters is 1. The predicted molar refractivity (Wildman–Crippen MR) is 85.4 cm³/mol. The Labute approximate surface area is 146 Å². The van der Waals surface area contributed by atoms with Gasteiger partial charge in [-0.05, 0) is 24.3 Å². The monoisotopic (exact) mass is 370 g/mol. The van der Waals surface area contributed by atoms with Gasteiger partial charge in [0.05, 0.1) is 5.75 Å². The van der Waals surface area contributed by atoms with Crippen LogP contribution < -0.4 is 10.1 Å². The number of hydrogen-bond donors (Lipinski definition) is 1. The van der Waals surface area contributed by atoms with Crippen LogP contribution in [0.25, 0.3) is 0 Å². The number of carbonyl (C=O) groups excluding carboxylic acids is 4. The van der Waals surface area contributed by atoms with Crippen LogP contribution >= 0.6 is 11.8 Å². The van der Waals surface area contributed by atoms with E-state index in [-0.39, 0.29) is 30.0 Å². The summed E-state index contributed by atoms with van der Waals surface area (Å²) in [6.07, 6.45) is 0. The molecule has 1 aromatic carbocycles. The van der Waals surface area contributed by atoms with Crippen LogP contribution in [0.4, 0.5) is 9.18 Å². The smallest absolute Gasteiger partial charge is 0.344 e. The molecule has 10 heteroatoms. The number of thioether (sulfide) groups is 1. The van der Waals surface area contributed by atoms with E-state index in [2.05, 4.69) is 5.32 Å². The minimum atomic E-state index is -0.763. The lowest BCUT2D eigenvalue weighted by Crippen LogP contribution is -2.39. The molecule has 0 bridgehead atoms. The molecule has 1 N–H and O–H groups in total. The Bertz CT molecular complexity index is 650. The Kier molecular flexibility index (Phi) is 6.75. The van der Waals surface area contributed by atoms with Crippen LogP contribution in [-0.2, 0) is 19.1 Å². The number of amides is 3. The fourth-order valence-corrected chi connectivity index (χ4v) is 2.57. The molecule has 25 heavy (non-hydrogen) atoms. The van der Waals surface area contributed by atoms with Crippen molar-refractivity contribution in [2.45, 2.75) is 0 Å². The maximum Gasteiger partial charge on any atom is 0.344 e. The highest BCUT2D eigenvalue weighted by Gasteiger charge is 2.29. The summed E-state index contributed by atoms with van der Waals surface area (Å²) in [7, 11) is 0. The van der Waals surface area contributed by atoms with E-state index >= 15 is 0 Å². The zero-order valence-electron chi connectivity index (χ0n) is 13.0. The number of ether oxygens (including phenoxy) is 2. The van der Waals surface area contributed by atoms with Crippen LogP contribution in [0.1, 0.15) is 0 Å². The summed E-state index contributed by atoms with van der Waals surface area (Å²) >= 11 is 0.912. The van der Waals surface area contributed by atoms with Crippen LogP contribution in [0.2, 0.25) is 0 Å². The molecular weight excluding hydrogens is 355 g/mol. The van der Waals surface area contributed by atoms with Crippen molar-refractivity contribution < 1.29 is 33.0 Å². The quantitative estimate of drug-likeness (QED) is 0.667. The summed E-state index contributed by atoms with van der Waals surface area (Å²) in [5.74, 6) is -1.65. The fourth-order valence-electron chi connectivity index (χ4n) is 1.82. The molecule has 1 aliphatic heterocycles. The van der Waals surface area contributed by atoms with E-state index < -0.39 is 30.9 Å². The summed E-state index contributed by atoms with van der Waals surface area (Å²) in [6.45, 7) is -0.798. The maximum absolute atomic E-state index is 12.7. The highest BCUT2D eigenvalue weighted by molar-refractivity contribution is 8.14. The van der Waals surface area contributed by atoms with Gasteiger partial charge in [0.15, 0.2) is 13.2 Å². The second-order valence-electron chi connectivity index (χ2n) is 4.85. The molecule has 1 fully saturated rings. The normalized spacial score (nSPS) is 13.7. The van der Waals surface area contributed by atoms with Gasteiger partial charge in [-0.3, -0.25) is 19.3 Å². The van der Waals surface area contributed by atoms with Crippen molar-refractivity contribution in [1.29, 1.82) is 0 Å². The third-order valence-corrected chi connectivity index (χ3v) is 3.89. The third kappa shape index (κ3) is 6.07. The lowest BCUT2D eigenvalue weighted by atomic mass is 10.3. The number of carbonyl (C=O) groups is 4. The lowest BCUT2D eigenvalue weighted by molar-refractivity contribution is -0.150. The molecule has 8 nitrogen and oxygen atoms in total. The molecule has 0 atom stereocenters. The summed E-state index contributed by atoms with van der Waals surface area (Å²) in [4.78, 5) is 46.7. The second kappa shape index (κ2) is 9.02. The predicted octanol–water partition coefficient (Wildman–Crippen LogP) is 0.559. The maximum atomic E-state index is 12.7. The molecule has 1 aromatic rings. The van der Waals surface area contributed by atoms with Crippen molar-refractivity contribution in [3.05, 3.63) is 30.1 Å². The number of halogens is 1. The highest BCUT2D eigenvalue weighted by Crippen LogP contribution is 2.17. The minimum Gasteiger partial charge on any atom is -0.482 e. The van der Waals surface area contributed by atoms with Crippen molar-refractivity contribution in [2.75, 3.05) is 32.1 Å². The van der Waals surface area contributed by atoms with E-state index in [0.717, 1.165) is 16.7 Å². The van der Waals surface area contributed by atoms with E-state index in [1.54, 1.807) is 0 Å². The first-order valence-electron chi connectivity index (χ1n) is 7.23. The first-order chi connectivity index (χ1) is 12.0. The molecule has 1 aliphatic rings. The van der Waals surface area contributed by atoms with E-state index in [1.165, 1.54) is 24.3 Å². The van der Waals surface area contributed by atoms with Crippen LogP contribution in [-0.4, -0.2) is 60.0 Å². The summed E-state index contributed by atoms with van der Waals surface area (Å²) < 4.78 is 22.5. The second-order valence-corrected chi connectivity index (χ2v) is 5.78. The number of imide groups is 1. The van der Waals surface area contributed by atoms with Gasteiger partial charge in [0, 0.05) is 13.1 Å². The molecule has 0 unspecified atom stereocenters. The fraction of sp³-hybridized carbons (Fsp3) is 0.333. The number of rotatable bonds is 8. The summed E-state index contributed by atoms with van der Waals surface area (Å²) in [5.41, 5.74) is 0. The molecule has 0 aromatic heterocycles. The topological polar surface area (TPSA) is 102 Å². The van der Waals surface area contributed by atoms with Gasteiger partial charge in [-0.2, -0.15) is 0 Å². The Morgan fingerprint density at radius 1 is 1.20 bits per heavy atom. The number of nitrogens with one attached hydrogen (secondary N) is 1. The average molecular weight is 370 g/mol. The molecule has 0 radical (unpaired) electrons. The molecule has 0 spiro atoms. The van der Waals surface area contributed by atoms with Crippen molar-refractivity contribution in [1.82, 2.24) is 10.2 Å². The van der Waals surface area contributed by atoms with E-state index in [0.29, 0.717) is 5.75 Å². The molecule has 0 aliphatic carbocycles. The van der Waals surface area contributed by atoms with Gasteiger partial charge in [-0.25, -0.2) is 9.18 Å². The molecule has 1 saturated heterocycles. The molecular formula is C15H15FN2O6S. The number of nitrogens with zero attached hydrogens (tertiary/aromatic N) is 1. The van der Waals surface area contributed by atoms with E-state index in [9.17, 15) is 23.6 Å². The lowest BCUT2D eigenvalue weighted by Gasteiger charge is -2.13. The molecule has 1 heterocycles. The number of hydrogen-bond acceptors (Lipinski definition) is 7. The number of benzene rings is 1. The first-order valence-corrected chi connectivity index (χ1v) is 8.22.